The number of alkyl halides is 3. The van der Waals surface area contributed by atoms with Gasteiger partial charge in [0, 0.05) is 24.4 Å². The van der Waals surface area contributed by atoms with Crippen molar-refractivity contribution >= 4 is 11.9 Å². The number of hydrogen-bond donors (Lipinski definition) is 0. The molecule has 2 heterocycles. The highest BCUT2D eigenvalue weighted by Crippen LogP contribution is 2.52. The van der Waals surface area contributed by atoms with Crippen molar-refractivity contribution in [3.63, 3.8) is 0 Å². The molecule has 1 spiro atoms. The highest BCUT2D eigenvalue weighted by atomic mass is 19.4. The molecule has 1 aromatic carbocycles. The van der Waals surface area contributed by atoms with E-state index in [1.165, 1.54) is 12.1 Å². The van der Waals surface area contributed by atoms with Crippen molar-refractivity contribution in [2.75, 3.05) is 19.7 Å². The summed E-state index contributed by atoms with van der Waals surface area (Å²) in [6, 6.07) is 6.12. The van der Waals surface area contributed by atoms with E-state index in [2.05, 4.69) is 4.74 Å². The number of carbonyl (C=O) groups is 2. The minimum Gasteiger partial charge on any atom is -0.465 e. The second kappa shape index (κ2) is 7.22. The van der Waals surface area contributed by atoms with E-state index in [9.17, 15) is 22.8 Å². The molecule has 2 saturated heterocycles. The molecule has 2 atom stereocenters. The van der Waals surface area contributed by atoms with Gasteiger partial charge in [-0.05, 0) is 48.8 Å². The number of rotatable bonds is 3. The third kappa shape index (κ3) is 4.21. The average Bonchev–Trinajstić information content (AvgIpc) is 3.01. The number of nitrogens with zero attached hydrogens (tertiary/aromatic N) is 1. The summed E-state index contributed by atoms with van der Waals surface area (Å²) in [5.74, 6) is -0.134. The Bertz CT molecular complexity index is 803. The Morgan fingerprint density at radius 2 is 2.07 bits per heavy atom. The molecule has 0 unspecified atom stereocenters. The van der Waals surface area contributed by atoms with Crippen LogP contribution in [0.25, 0.3) is 0 Å². The predicted octanol–water partition coefficient (Wildman–Crippen LogP) is 3.88. The lowest BCUT2D eigenvalue weighted by atomic mass is 9.61. The molecule has 8 heteroatoms. The van der Waals surface area contributed by atoms with E-state index in [-0.39, 0.29) is 40.8 Å². The molecule has 1 amide bonds. The molecule has 1 aliphatic carbocycles. The van der Waals surface area contributed by atoms with Crippen molar-refractivity contribution in [3.05, 3.63) is 29.8 Å². The zero-order valence-electron chi connectivity index (χ0n) is 16.2. The number of likely N-dealkylation sites (tertiary alicyclic amines) is 1. The highest BCUT2D eigenvalue weighted by molar-refractivity contribution is 5.81. The van der Waals surface area contributed by atoms with Crippen LogP contribution in [-0.2, 0) is 14.3 Å². The van der Waals surface area contributed by atoms with Crippen molar-refractivity contribution in [1.82, 2.24) is 4.90 Å². The summed E-state index contributed by atoms with van der Waals surface area (Å²) >= 11 is 0. The van der Waals surface area contributed by atoms with Gasteiger partial charge in [-0.1, -0.05) is 19.1 Å². The molecular formula is C21H24F3NO4. The normalized spacial score (nSPS) is 32.1. The van der Waals surface area contributed by atoms with Gasteiger partial charge < -0.3 is 14.4 Å². The van der Waals surface area contributed by atoms with Crippen LogP contribution in [-0.4, -0.2) is 42.8 Å². The Hall–Kier alpha value is -2.25. The molecule has 1 aromatic rings. The van der Waals surface area contributed by atoms with Crippen molar-refractivity contribution in [2.45, 2.75) is 44.9 Å². The summed E-state index contributed by atoms with van der Waals surface area (Å²) in [7, 11) is 0. The lowest BCUT2D eigenvalue weighted by Gasteiger charge is -2.46. The number of halogens is 3. The van der Waals surface area contributed by atoms with E-state index in [4.69, 9.17) is 4.74 Å². The first kappa shape index (κ1) is 20.0. The number of cyclic esters (lactones) is 1. The van der Waals surface area contributed by atoms with E-state index in [0.29, 0.717) is 45.4 Å². The largest absolute Gasteiger partial charge is 0.573 e. The number of esters is 1. The van der Waals surface area contributed by atoms with Crippen molar-refractivity contribution in [3.8, 4) is 5.75 Å². The minimum absolute atomic E-state index is 0.0586. The van der Waals surface area contributed by atoms with Crippen LogP contribution in [0.5, 0.6) is 5.75 Å². The molecule has 2 aliphatic heterocycles. The van der Waals surface area contributed by atoms with Gasteiger partial charge in [-0.15, -0.1) is 13.2 Å². The van der Waals surface area contributed by atoms with Gasteiger partial charge in [0.25, 0.3) is 0 Å². The van der Waals surface area contributed by atoms with E-state index < -0.39 is 6.36 Å². The maximum Gasteiger partial charge on any atom is 0.573 e. The van der Waals surface area contributed by atoms with Crippen LogP contribution in [0.4, 0.5) is 13.2 Å². The lowest BCUT2D eigenvalue weighted by Crippen LogP contribution is -2.50. The topological polar surface area (TPSA) is 55.8 Å². The molecule has 5 nitrogen and oxygen atoms in total. The van der Waals surface area contributed by atoms with E-state index in [1.54, 1.807) is 6.07 Å². The molecule has 0 N–H and O–H groups in total. The number of amides is 1. The van der Waals surface area contributed by atoms with Gasteiger partial charge in [-0.3, -0.25) is 9.59 Å². The quantitative estimate of drug-likeness (QED) is 0.709. The fraction of sp³-hybridized carbons (Fsp3) is 0.619. The summed E-state index contributed by atoms with van der Waals surface area (Å²) in [5.41, 5.74) is 0.663. The first-order valence-corrected chi connectivity index (χ1v) is 9.94. The van der Waals surface area contributed by atoms with Crippen LogP contribution in [0.1, 0.15) is 44.1 Å². The lowest BCUT2D eigenvalue weighted by molar-refractivity contribution is -0.274. The third-order valence-electron chi connectivity index (χ3n) is 6.50. The van der Waals surface area contributed by atoms with Crippen LogP contribution in [0.2, 0.25) is 0 Å². The van der Waals surface area contributed by atoms with Crippen molar-refractivity contribution < 1.29 is 32.2 Å². The minimum atomic E-state index is -4.71. The fourth-order valence-electron chi connectivity index (χ4n) is 5.11. The van der Waals surface area contributed by atoms with Gasteiger partial charge in [0.05, 0.1) is 13.0 Å². The molecule has 4 rings (SSSR count). The van der Waals surface area contributed by atoms with Gasteiger partial charge in [0.15, 0.2) is 0 Å². The van der Waals surface area contributed by atoms with Gasteiger partial charge in [0.1, 0.15) is 5.75 Å². The zero-order valence-corrected chi connectivity index (χ0v) is 16.2. The summed E-state index contributed by atoms with van der Waals surface area (Å²) in [5, 5.41) is 0. The number of carbonyl (C=O) groups excluding carboxylic acids is 2. The summed E-state index contributed by atoms with van der Waals surface area (Å²) in [4.78, 5) is 26.1. The molecule has 3 fully saturated rings. The second-order valence-corrected chi connectivity index (χ2v) is 8.72. The Morgan fingerprint density at radius 1 is 1.31 bits per heavy atom. The molecule has 1 saturated carbocycles. The Morgan fingerprint density at radius 3 is 2.69 bits per heavy atom. The van der Waals surface area contributed by atoms with Gasteiger partial charge >= 0.3 is 12.3 Å². The van der Waals surface area contributed by atoms with Crippen LogP contribution in [0, 0.1) is 17.3 Å². The number of hydrogen-bond acceptors (Lipinski definition) is 4. The first-order chi connectivity index (χ1) is 13.6. The third-order valence-corrected chi connectivity index (χ3v) is 6.50. The second-order valence-electron chi connectivity index (χ2n) is 8.72. The molecule has 0 bridgehead atoms. The fourth-order valence-corrected chi connectivity index (χ4v) is 5.11. The van der Waals surface area contributed by atoms with Gasteiger partial charge in [0.2, 0.25) is 5.91 Å². The first-order valence-electron chi connectivity index (χ1n) is 9.94. The smallest absolute Gasteiger partial charge is 0.465 e. The van der Waals surface area contributed by atoms with E-state index >= 15 is 0 Å². The maximum absolute atomic E-state index is 12.9. The average molecular weight is 411 g/mol. The van der Waals surface area contributed by atoms with E-state index in [1.807, 2.05) is 17.9 Å². The van der Waals surface area contributed by atoms with Crippen molar-refractivity contribution in [2.24, 2.45) is 17.3 Å². The van der Waals surface area contributed by atoms with Gasteiger partial charge in [-0.2, -0.15) is 0 Å². The van der Waals surface area contributed by atoms with Gasteiger partial charge in [-0.25, -0.2) is 0 Å². The summed E-state index contributed by atoms with van der Waals surface area (Å²) in [6.07, 6.45) is -2.21. The summed E-state index contributed by atoms with van der Waals surface area (Å²) < 4.78 is 46.6. The number of ether oxygens (including phenoxy) is 2. The predicted molar refractivity (Wildman–Crippen MR) is 97.0 cm³/mol. The molecular weight excluding hydrogens is 387 g/mol. The Balaban J connectivity index is 1.35. The monoisotopic (exact) mass is 411 g/mol. The van der Waals surface area contributed by atoms with Crippen LogP contribution >= 0.6 is 0 Å². The molecule has 3 aliphatic rings. The number of piperidine rings is 1. The number of benzene rings is 1. The maximum atomic E-state index is 12.9. The summed E-state index contributed by atoms with van der Waals surface area (Å²) in [6.45, 7) is 3.60. The van der Waals surface area contributed by atoms with Crippen LogP contribution in [0.3, 0.4) is 0 Å². The molecule has 0 aromatic heterocycles. The SMILES string of the molecule is C[C@H]1CN(C(=O)C2CC3(COC(=O)C3)C2)CC[C@H]1c1cccc(OC(F)(F)F)c1. The standard InChI is InChI=1S/C21H24F3NO4/c1-13-11-25(19(27)15-8-20(9-15)10-18(26)28-12-20)6-5-17(13)14-3-2-4-16(7-14)29-21(22,23)24/h2-4,7,13,15,17H,5-6,8-12H2,1H3/t13-,15?,17+,20?/m0/s1. The van der Waals surface area contributed by atoms with Crippen molar-refractivity contribution in [1.29, 1.82) is 0 Å². The van der Waals surface area contributed by atoms with Crippen LogP contribution in [0.15, 0.2) is 24.3 Å². The van der Waals surface area contributed by atoms with E-state index in [0.717, 1.165) is 5.56 Å². The zero-order chi connectivity index (χ0) is 20.8. The molecule has 0 radical (unpaired) electrons. The molecule has 29 heavy (non-hydrogen) atoms. The molecule has 158 valence electrons. The highest BCUT2D eigenvalue weighted by Gasteiger charge is 2.53. The van der Waals surface area contributed by atoms with Crippen LogP contribution < -0.4 is 4.74 Å². The Kier molecular flexibility index (Phi) is 4.99. The Labute approximate surface area is 167 Å².